The zero-order valence-electron chi connectivity index (χ0n) is 20.7. The van der Waals surface area contributed by atoms with Gasteiger partial charge in [-0.2, -0.15) is 0 Å². The Balaban J connectivity index is 1.38. The van der Waals surface area contributed by atoms with Crippen molar-refractivity contribution in [3.8, 4) is 33.4 Å². The average Bonchev–Trinajstić information content (AvgIpc) is 3.00. The summed E-state index contributed by atoms with van der Waals surface area (Å²) >= 11 is 0. The van der Waals surface area contributed by atoms with Gasteiger partial charge in [0.25, 0.3) is 0 Å². The van der Waals surface area contributed by atoms with E-state index in [1.54, 1.807) is 0 Å². The van der Waals surface area contributed by atoms with Gasteiger partial charge in [-0.25, -0.2) is 0 Å². The van der Waals surface area contributed by atoms with Gasteiger partial charge in [0.2, 0.25) is 6.71 Å². The fraction of sp³-hybridized carbons (Fsp3) is 0. The fourth-order valence-electron chi connectivity index (χ4n) is 5.07. The van der Waals surface area contributed by atoms with Crippen molar-refractivity contribution < 1.29 is 0 Å². The second-order valence-electron chi connectivity index (χ2n) is 9.40. The van der Waals surface area contributed by atoms with Crippen LogP contribution in [0.1, 0.15) is 0 Å². The zero-order valence-corrected chi connectivity index (χ0v) is 20.7. The van der Waals surface area contributed by atoms with Crippen molar-refractivity contribution in [3.05, 3.63) is 164 Å². The molecular weight excluding hydrogens is 443 g/mol. The van der Waals surface area contributed by atoms with E-state index in [-0.39, 0.29) is 6.71 Å². The monoisotopic (exact) mass is 470 g/mol. The number of hydrogen-bond donors (Lipinski definition) is 0. The highest BCUT2D eigenvalue weighted by molar-refractivity contribution is 6.95. The van der Waals surface area contributed by atoms with Gasteiger partial charge in [0.1, 0.15) is 0 Å². The molecule has 0 atom stereocenters. The third-order valence-corrected chi connectivity index (χ3v) is 7.05. The summed E-state index contributed by atoms with van der Waals surface area (Å²) in [6, 6.07) is 58.9. The summed E-state index contributed by atoms with van der Waals surface area (Å²) in [6.45, 7) is 0.152. The molecule has 0 spiro atoms. The Hall–Kier alpha value is -4.62. The minimum atomic E-state index is 0.152. The van der Waals surface area contributed by atoms with Crippen LogP contribution < -0.4 is 16.4 Å². The van der Waals surface area contributed by atoms with Crippen molar-refractivity contribution in [1.82, 2.24) is 0 Å². The standard InChI is InChI=1S/C36H27B/c1-4-10-28(11-5-1)31-16-22-34(23-17-31)37(35-24-18-32(19-25-35)29-12-6-2-7-13-29)36-26-20-33(21-27-36)30-14-8-3-9-15-30/h1-27H. The highest BCUT2D eigenvalue weighted by Crippen LogP contribution is 2.20. The summed E-state index contributed by atoms with van der Waals surface area (Å²) in [7, 11) is 0. The minimum absolute atomic E-state index is 0.152. The van der Waals surface area contributed by atoms with Crippen LogP contribution in [0.5, 0.6) is 0 Å². The Bertz CT molecular complexity index is 1360. The largest absolute Gasteiger partial charge is 0.241 e. The maximum absolute atomic E-state index is 2.28. The highest BCUT2D eigenvalue weighted by Gasteiger charge is 2.22. The quantitative estimate of drug-likeness (QED) is 0.226. The molecule has 1 heteroatoms. The average molecular weight is 470 g/mol. The van der Waals surface area contributed by atoms with Crippen LogP contribution >= 0.6 is 0 Å². The summed E-state index contributed by atoms with van der Waals surface area (Å²) in [5.41, 5.74) is 11.3. The molecule has 37 heavy (non-hydrogen) atoms. The molecule has 0 radical (unpaired) electrons. The first-order chi connectivity index (χ1) is 18.3. The van der Waals surface area contributed by atoms with Gasteiger partial charge < -0.3 is 0 Å². The van der Waals surface area contributed by atoms with Crippen molar-refractivity contribution in [1.29, 1.82) is 0 Å². The summed E-state index contributed by atoms with van der Waals surface area (Å²) in [5, 5.41) is 0. The van der Waals surface area contributed by atoms with Crippen LogP contribution in [-0.2, 0) is 0 Å². The third kappa shape index (κ3) is 5.03. The van der Waals surface area contributed by atoms with Crippen LogP contribution in [0.15, 0.2) is 164 Å². The molecule has 6 aromatic rings. The van der Waals surface area contributed by atoms with Gasteiger partial charge in [-0.1, -0.05) is 180 Å². The summed E-state index contributed by atoms with van der Waals surface area (Å²) < 4.78 is 0. The van der Waals surface area contributed by atoms with Gasteiger partial charge in [0.15, 0.2) is 0 Å². The lowest BCUT2D eigenvalue weighted by Crippen LogP contribution is -2.51. The lowest BCUT2D eigenvalue weighted by molar-refractivity contribution is 1.62. The van der Waals surface area contributed by atoms with Crippen LogP contribution in [0, 0.1) is 0 Å². The molecule has 6 aromatic carbocycles. The molecule has 0 unspecified atom stereocenters. The van der Waals surface area contributed by atoms with Crippen molar-refractivity contribution >= 4 is 23.1 Å². The van der Waals surface area contributed by atoms with Crippen LogP contribution in [0.4, 0.5) is 0 Å². The van der Waals surface area contributed by atoms with E-state index in [1.165, 1.54) is 49.8 Å². The van der Waals surface area contributed by atoms with Crippen molar-refractivity contribution in [3.63, 3.8) is 0 Å². The molecule has 0 aromatic heterocycles. The summed E-state index contributed by atoms with van der Waals surface area (Å²) in [5.74, 6) is 0. The zero-order chi connectivity index (χ0) is 24.9. The predicted octanol–water partition coefficient (Wildman–Crippen LogP) is 7.20. The molecule has 0 aliphatic rings. The maximum atomic E-state index is 2.28. The van der Waals surface area contributed by atoms with Crippen LogP contribution in [-0.4, -0.2) is 6.71 Å². The maximum Gasteiger partial charge on any atom is 0.241 e. The first kappa shape index (κ1) is 22.8. The normalized spacial score (nSPS) is 10.7. The third-order valence-electron chi connectivity index (χ3n) is 7.05. The Labute approximate surface area is 220 Å². The molecule has 0 saturated heterocycles. The van der Waals surface area contributed by atoms with Crippen LogP contribution in [0.3, 0.4) is 0 Å². The second kappa shape index (κ2) is 10.6. The molecule has 0 heterocycles. The Morgan fingerprint density at radius 3 is 0.676 bits per heavy atom. The molecule has 0 fully saturated rings. The first-order valence-electron chi connectivity index (χ1n) is 12.8. The van der Waals surface area contributed by atoms with E-state index in [0.29, 0.717) is 0 Å². The van der Waals surface area contributed by atoms with Crippen LogP contribution in [0.25, 0.3) is 33.4 Å². The van der Waals surface area contributed by atoms with E-state index < -0.39 is 0 Å². The van der Waals surface area contributed by atoms with E-state index in [9.17, 15) is 0 Å². The molecule has 0 N–H and O–H groups in total. The van der Waals surface area contributed by atoms with E-state index in [1.807, 2.05) is 0 Å². The number of hydrogen-bond acceptors (Lipinski definition) is 0. The van der Waals surface area contributed by atoms with Crippen molar-refractivity contribution in [2.24, 2.45) is 0 Å². The van der Waals surface area contributed by atoms with Gasteiger partial charge in [-0.3, -0.25) is 0 Å². The van der Waals surface area contributed by atoms with Crippen molar-refractivity contribution in [2.75, 3.05) is 0 Å². The molecule has 0 aliphatic heterocycles. The molecule has 0 nitrogen and oxygen atoms in total. The SMILES string of the molecule is c1ccc(-c2ccc(B(c3ccc(-c4ccccc4)cc3)c3ccc(-c4ccccc4)cc3)cc2)cc1. The number of rotatable bonds is 6. The van der Waals surface area contributed by atoms with E-state index >= 15 is 0 Å². The topological polar surface area (TPSA) is 0 Å². The Kier molecular flexibility index (Phi) is 6.51. The van der Waals surface area contributed by atoms with Crippen molar-refractivity contribution in [2.45, 2.75) is 0 Å². The molecule has 0 saturated carbocycles. The molecule has 6 rings (SSSR count). The number of benzene rings is 6. The van der Waals surface area contributed by atoms with E-state index in [2.05, 4.69) is 164 Å². The van der Waals surface area contributed by atoms with E-state index in [0.717, 1.165) is 0 Å². The van der Waals surface area contributed by atoms with E-state index in [4.69, 9.17) is 0 Å². The highest BCUT2D eigenvalue weighted by atomic mass is 14.1. The fourth-order valence-corrected chi connectivity index (χ4v) is 5.07. The smallest absolute Gasteiger partial charge is 0.0686 e. The molecular formula is C36H27B. The Morgan fingerprint density at radius 2 is 0.432 bits per heavy atom. The summed E-state index contributed by atoms with van der Waals surface area (Å²) in [4.78, 5) is 0. The van der Waals surface area contributed by atoms with Gasteiger partial charge in [0.05, 0.1) is 0 Å². The second-order valence-corrected chi connectivity index (χ2v) is 9.40. The molecule has 0 amide bonds. The molecule has 0 bridgehead atoms. The van der Waals surface area contributed by atoms with Crippen LogP contribution in [0.2, 0.25) is 0 Å². The van der Waals surface area contributed by atoms with Gasteiger partial charge in [-0.15, -0.1) is 0 Å². The van der Waals surface area contributed by atoms with Gasteiger partial charge in [-0.05, 0) is 33.4 Å². The Morgan fingerprint density at radius 1 is 0.216 bits per heavy atom. The van der Waals surface area contributed by atoms with Gasteiger partial charge >= 0.3 is 0 Å². The van der Waals surface area contributed by atoms with Gasteiger partial charge in [0, 0.05) is 0 Å². The molecule has 174 valence electrons. The lowest BCUT2D eigenvalue weighted by Gasteiger charge is -2.17. The predicted molar refractivity (Wildman–Crippen MR) is 160 cm³/mol. The molecule has 0 aliphatic carbocycles. The first-order valence-corrected chi connectivity index (χ1v) is 12.8. The summed E-state index contributed by atoms with van der Waals surface area (Å²) in [6.07, 6.45) is 0. The lowest BCUT2D eigenvalue weighted by atomic mass is 9.37. The minimum Gasteiger partial charge on any atom is -0.0686 e.